The number of carbonyl (C=O) groups excluding carboxylic acids is 4. The number of aliphatic hydroxyl groups is 1. The van der Waals surface area contributed by atoms with Crippen LogP contribution in [0.4, 0.5) is 11.4 Å². The summed E-state index contributed by atoms with van der Waals surface area (Å²) < 4.78 is 18.6. The van der Waals surface area contributed by atoms with E-state index in [1.54, 1.807) is 12.1 Å². The van der Waals surface area contributed by atoms with Crippen molar-refractivity contribution in [3.05, 3.63) is 166 Å². The fourth-order valence-corrected chi connectivity index (χ4v) is 8.75. The molecule has 0 aromatic heterocycles. The van der Waals surface area contributed by atoms with Gasteiger partial charge in [-0.2, -0.15) is 0 Å². The number of ether oxygens (including phenoxy) is 3. The maximum Gasteiger partial charge on any atom is 0.346 e. The van der Waals surface area contributed by atoms with Crippen LogP contribution >= 0.6 is 0 Å². The van der Waals surface area contributed by atoms with Gasteiger partial charge in [0.2, 0.25) is 5.91 Å². The molecule has 0 saturated carbocycles. The number of likely N-dealkylation sites (tertiary alicyclic amines) is 1. The van der Waals surface area contributed by atoms with Crippen LogP contribution in [0.25, 0.3) is 0 Å². The van der Waals surface area contributed by atoms with E-state index in [9.17, 15) is 24.3 Å². The van der Waals surface area contributed by atoms with Crippen LogP contribution in [0.3, 0.4) is 0 Å². The highest BCUT2D eigenvalue weighted by molar-refractivity contribution is 6.16. The number of aliphatic hydroxyl groups excluding tert-OH is 1. The highest BCUT2D eigenvalue weighted by atomic mass is 16.7. The maximum atomic E-state index is 13.5. The third kappa shape index (κ3) is 7.05. The molecule has 3 fully saturated rings. The Morgan fingerprint density at radius 3 is 2.21 bits per heavy atom. The molecule has 4 unspecified atom stereocenters. The van der Waals surface area contributed by atoms with E-state index in [-0.39, 0.29) is 41.2 Å². The predicted octanol–water partition coefficient (Wildman–Crippen LogP) is 6.11. The fraction of sp³-hybridized carbons (Fsp3) is 0.261. The van der Waals surface area contributed by atoms with E-state index >= 15 is 0 Å². The topological polar surface area (TPSA) is 147 Å². The van der Waals surface area contributed by atoms with Crippen molar-refractivity contribution >= 4 is 35.1 Å². The molecule has 4 atom stereocenters. The Hall–Kier alpha value is -6.18. The van der Waals surface area contributed by atoms with Crippen LogP contribution in [0.2, 0.25) is 0 Å². The number of carbonyl (C=O) groups is 4. The molecule has 294 valence electrons. The number of benzene rings is 5. The minimum atomic E-state index is -0.824. The number of hydrogen-bond acceptors (Lipinski definition) is 10. The Kier molecular flexibility index (Phi) is 10.1. The molecule has 4 heterocycles. The highest BCUT2D eigenvalue weighted by Crippen LogP contribution is 2.48. The Morgan fingerprint density at radius 1 is 0.759 bits per heavy atom. The Balaban J connectivity index is 1.00. The minimum absolute atomic E-state index is 0.0522. The third-order valence-electron chi connectivity index (χ3n) is 11.8. The van der Waals surface area contributed by atoms with Crippen molar-refractivity contribution in [2.45, 2.75) is 49.4 Å². The third-order valence-corrected chi connectivity index (χ3v) is 11.8. The summed E-state index contributed by atoms with van der Waals surface area (Å²) in [6, 6.07) is 39.6. The summed E-state index contributed by atoms with van der Waals surface area (Å²) in [5.74, 6) is -2.14. The largest absolute Gasteiger partial charge is 0.392 e. The molecule has 9 rings (SSSR count). The first-order valence-electron chi connectivity index (χ1n) is 19.5. The minimum Gasteiger partial charge on any atom is -0.392 e. The van der Waals surface area contributed by atoms with Gasteiger partial charge >= 0.3 is 11.9 Å². The summed E-state index contributed by atoms with van der Waals surface area (Å²) >= 11 is 0. The SMILES string of the molecule is O=C(Nc1cccc(C2OC(CN3CCC4(CC3)C(=O)NCN4c3ccccc3)C(c3ccccc3)C(c3ccc(CO)cc3)O2)c1)c1ccc2c(c1)C(=O)OC2=O. The molecule has 5 aromatic carbocycles. The molecule has 2 amide bonds. The molecule has 5 aromatic rings. The zero-order valence-electron chi connectivity index (χ0n) is 31.6. The average molecular weight is 779 g/mol. The summed E-state index contributed by atoms with van der Waals surface area (Å²) in [5, 5.41) is 15.8. The number of nitrogens with one attached hydrogen (secondary N) is 2. The van der Waals surface area contributed by atoms with E-state index < -0.39 is 35.8 Å². The number of fused-ring (bicyclic) bond motifs is 1. The van der Waals surface area contributed by atoms with Gasteiger partial charge in [-0.3, -0.25) is 9.59 Å². The van der Waals surface area contributed by atoms with Gasteiger partial charge in [0.05, 0.1) is 36.6 Å². The van der Waals surface area contributed by atoms with Crippen LogP contribution in [0.15, 0.2) is 127 Å². The Morgan fingerprint density at radius 2 is 1.47 bits per heavy atom. The number of amides is 2. The van der Waals surface area contributed by atoms with Crippen LogP contribution in [0.5, 0.6) is 0 Å². The van der Waals surface area contributed by atoms with Crippen LogP contribution in [0, 0.1) is 0 Å². The lowest BCUT2D eigenvalue weighted by Crippen LogP contribution is -2.57. The molecule has 0 aliphatic carbocycles. The van der Waals surface area contributed by atoms with E-state index in [4.69, 9.17) is 9.47 Å². The number of para-hydroxylation sites is 1. The zero-order valence-corrected chi connectivity index (χ0v) is 31.6. The molecule has 4 aliphatic rings. The van der Waals surface area contributed by atoms with Gasteiger partial charge in [0.25, 0.3) is 5.91 Å². The Labute approximate surface area is 335 Å². The smallest absolute Gasteiger partial charge is 0.346 e. The van der Waals surface area contributed by atoms with E-state index in [0.717, 1.165) is 22.4 Å². The van der Waals surface area contributed by atoms with Gasteiger partial charge in [-0.05, 0) is 72.0 Å². The number of anilines is 2. The fourth-order valence-electron chi connectivity index (χ4n) is 8.75. The summed E-state index contributed by atoms with van der Waals surface area (Å²) in [7, 11) is 0. The second kappa shape index (κ2) is 15.6. The lowest BCUT2D eigenvalue weighted by Gasteiger charge is -2.47. The molecular formula is C46H42N4O8. The molecular weight excluding hydrogens is 737 g/mol. The lowest BCUT2D eigenvalue weighted by atomic mass is 9.82. The van der Waals surface area contributed by atoms with Crippen molar-refractivity contribution in [3.63, 3.8) is 0 Å². The molecule has 58 heavy (non-hydrogen) atoms. The first-order chi connectivity index (χ1) is 28.3. The second-order valence-electron chi connectivity index (χ2n) is 15.2. The van der Waals surface area contributed by atoms with Crippen molar-refractivity contribution in [2.75, 3.05) is 36.5 Å². The van der Waals surface area contributed by atoms with Gasteiger partial charge in [-0.1, -0.05) is 84.9 Å². The van der Waals surface area contributed by atoms with Crippen LogP contribution < -0.4 is 15.5 Å². The van der Waals surface area contributed by atoms with E-state index in [1.165, 1.54) is 18.2 Å². The normalized spacial score (nSPS) is 22.7. The quantitative estimate of drug-likeness (QED) is 0.118. The number of piperidine rings is 1. The van der Waals surface area contributed by atoms with Gasteiger partial charge in [0, 0.05) is 48.1 Å². The van der Waals surface area contributed by atoms with E-state index in [0.29, 0.717) is 50.4 Å². The number of hydrogen-bond donors (Lipinski definition) is 3. The number of nitrogens with zero attached hydrogens (tertiary/aromatic N) is 2. The van der Waals surface area contributed by atoms with Gasteiger partial charge in [-0.15, -0.1) is 0 Å². The summed E-state index contributed by atoms with van der Waals surface area (Å²) in [6.07, 6.45) is -0.308. The average Bonchev–Trinajstić information content (AvgIpc) is 3.74. The molecule has 3 N–H and O–H groups in total. The maximum absolute atomic E-state index is 13.5. The molecule has 0 bridgehead atoms. The standard InChI is InChI=1S/C46H42N4O8/c51-27-29-14-16-31(17-15-29)40-39(30-8-3-1-4-9-30)38(26-49-22-20-46(21-23-49)45(55)47-28-50(46)35-12-5-2-6-13-35)56-44(57-40)33-10-7-11-34(24-33)48-41(52)32-18-19-36-37(25-32)43(54)58-42(36)53/h1-19,24-25,38-40,44,51H,20-23,26-28H2,(H,47,55)(H,48,52). The van der Waals surface area contributed by atoms with Gasteiger partial charge in [-0.25, -0.2) is 9.59 Å². The van der Waals surface area contributed by atoms with Gasteiger partial charge in [0.1, 0.15) is 5.54 Å². The van der Waals surface area contributed by atoms with Crippen LogP contribution in [-0.2, 0) is 25.6 Å². The van der Waals surface area contributed by atoms with E-state index in [2.05, 4.69) is 49.4 Å². The van der Waals surface area contributed by atoms with Crippen LogP contribution in [0.1, 0.15) is 84.5 Å². The van der Waals surface area contributed by atoms with Gasteiger partial charge in [0.15, 0.2) is 6.29 Å². The summed E-state index contributed by atoms with van der Waals surface area (Å²) in [6.45, 7) is 2.35. The van der Waals surface area contributed by atoms with Gasteiger partial charge < -0.3 is 39.8 Å². The molecule has 4 aliphatic heterocycles. The molecule has 3 saturated heterocycles. The number of esters is 2. The lowest BCUT2D eigenvalue weighted by molar-refractivity contribution is -0.264. The molecule has 1 spiro atoms. The van der Waals surface area contributed by atoms with Crippen molar-refractivity contribution in [3.8, 4) is 0 Å². The van der Waals surface area contributed by atoms with Crippen molar-refractivity contribution in [2.24, 2.45) is 0 Å². The highest BCUT2D eigenvalue weighted by Gasteiger charge is 2.51. The molecule has 0 radical (unpaired) electrons. The molecule has 12 heteroatoms. The first-order valence-corrected chi connectivity index (χ1v) is 19.5. The summed E-state index contributed by atoms with van der Waals surface area (Å²) in [5.41, 5.74) is 4.73. The second-order valence-corrected chi connectivity index (χ2v) is 15.2. The van der Waals surface area contributed by atoms with Crippen molar-refractivity contribution in [1.82, 2.24) is 10.2 Å². The zero-order chi connectivity index (χ0) is 39.8. The van der Waals surface area contributed by atoms with Crippen LogP contribution in [-0.4, -0.2) is 71.7 Å². The number of rotatable bonds is 9. The van der Waals surface area contributed by atoms with Crippen molar-refractivity contribution in [1.29, 1.82) is 0 Å². The monoisotopic (exact) mass is 778 g/mol. The predicted molar refractivity (Wildman–Crippen MR) is 214 cm³/mol. The number of cyclic esters (lactones) is 2. The first kappa shape index (κ1) is 37.4. The van der Waals surface area contributed by atoms with E-state index in [1.807, 2.05) is 72.8 Å². The summed E-state index contributed by atoms with van der Waals surface area (Å²) in [4.78, 5) is 55.6. The van der Waals surface area contributed by atoms with Crippen molar-refractivity contribution < 1.29 is 38.5 Å². The molecule has 12 nitrogen and oxygen atoms in total. The Bertz CT molecular complexity index is 2350.